The number of amides is 1. The molecule has 0 aromatic heterocycles. The molecule has 1 N–H and O–H groups in total. The van der Waals surface area contributed by atoms with E-state index in [1.165, 1.54) is 14.2 Å². The average Bonchev–Trinajstić information content (AvgIpc) is 3.00. The van der Waals surface area contributed by atoms with E-state index in [1.807, 2.05) is 30.3 Å². The molecule has 1 aromatic rings. The summed E-state index contributed by atoms with van der Waals surface area (Å²) in [6, 6.07) is 8.79. The lowest BCUT2D eigenvalue weighted by Crippen LogP contribution is -2.55. The average molecular weight is 335 g/mol. The minimum absolute atomic E-state index is 0.110. The Morgan fingerprint density at radius 1 is 1.25 bits per heavy atom. The minimum Gasteiger partial charge on any atom is -0.468 e. The summed E-state index contributed by atoms with van der Waals surface area (Å²) in [5.41, 5.74) is -0.516. The quantitative estimate of drug-likeness (QED) is 0.481. The fraction of sp³-hybridized carbons (Fsp3) is 0.471. The summed E-state index contributed by atoms with van der Waals surface area (Å²) >= 11 is 0. The van der Waals surface area contributed by atoms with Crippen molar-refractivity contribution >= 4 is 18.0 Å². The Hall–Kier alpha value is -2.57. The van der Waals surface area contributed by atoms with E-state index in [9.17, 15) is 14.4 Å². The summed E-state index contributed by atoms with van der Waals surface area (Å²) in [5, 5.41) is 2.60. The summed E-state index contributed by atoms with van der Waals surface area (Å²) in [5.74, 6) is -1.39. The number of rotatable bonds is 6. The maximum Gasteiger partial charge on any atom is 0.407 e. The molecule has 0 saturated carbocycles. The zero-order chi connectivity index (χ0) is 17.6. The molecule has 130 valence electrons. The first kappa shape index (κ1) is 17.8. The zero-order valence-electron chi connectivity index (χ0n) is 13.7. The van der Waals surface area contributed by atoms with E-state index in [-0.39, 0.29) is 13.0 Å². The third kappa shape index (κ3) is 3.50. The van der Waals surface area contributed by atoms with Crippen molar-refractivity contribution < 1.29 is 28.6 Å². The van der Waals surface area contributed by atoms with Gasteiger partial charge in [-0.25, -0.2) is 4.79 Å². The maximum atomic E-state index is 12.4. The summed E-state index contributed by atoms with van der Waals surface area (Å²) in [6.07, 6.45) is 0.378. The number of carbonyl (C=O) groups is 3. The van der Waals surface area contributed by atoms with Gasteiger partial charge >= 0.3 is 18.0 Å². The van der Waals surface area contributed by atoms with Crippen LogP contribution in [-0.4, -0.2) is 44.9 Å². The number of benzene rings is 1. The van der Waals surface area contributed by atoms with Gasteiger partial charge in [-0.15, -0.1) is 0 Å². The van der Waals surface area contributed by atoms with E-state index < -0.39 is 29.5 Å². The van der Waals surface area contributed by atoms with Crippen LogP contribution in [0.3, 0.4) is 0 Å². The van der Waals surface area contributed by atoms with Crippen LogP contribution < -0.4 is 5.32 Å². The number of methoxy groups -OCH3 is 2. The molecule has 0 spiro atoms. The Balaban J connectivity index is 2.27. The number of hydrogen-bond donors (Lipinski definition) is 1. The number of carbonyl (C=O) groups excluding carboxylic acids is 3. The number of nitrogens with one attached hydrogen (secondary N) is 1. The molecule has 24 heavy (non-hydrogen) atoms. The van der Waals surface area contributed by atoms with Crippen molar-refractivity contribution in [3.8, 4) is 0 Å². The fourth-order valence-corrected chi connectivity index (χ4v) is 2.96. The number of esters is 2. The van der Waals surface area contributed by atoms with Gasteiger partial charge in [0.05, 0.1) is 26.9 Å². The van der Waals surface area contributed by atoms with Crippen LogP contribution in [0.4, 0.5) is 4.79 Å². The summed E-state index contributed by atoms with van der Waals surface area (Å²) in [4.78, 5) is 36.4. The van der Waals surface area contributed by atoms with Crippen molar-refractivity contribution in [3.63, 3.8) is 0 Å². The first-order valence-electron chi connectivity index (χ1n) is 7.68. The van der Waals surface area contributed by atoms with Gasteiger partial charge in [-0.1, -0.05) is 30.3 Å². The monoisotopic (exact) mass is 335 g/mol. The molecule has 0 aliphatic carbocycles. The lowest BCUT2D eigenvalue weighted by Gasteiger charge is -2.31. The normalized spacial score (nSPS) is 20.8. The number of hydrogen-bond acceptors (Lipinski definition) is 6. The molecule has 2 atom stereocenters. The molecule has 1 heterocycles. The largest absolute Gasteiger partial charge is 0.468 e. The van der Waals surface area contributed by atoms with Gasteiger partial charge in [-0.05, 0) is 18.4 Å². The number of ether oxygens (including phenoxy) is 3. The van der Waals surface area contributed by atoms with Crippen LogP contribution in [0.25, 0.3) is 0 Å². The van der Waals surface area contributed by atoms with Crippen molar-refractivity contribution in [1.29, 1.82) is 0 Å². The second-order valence-corrected chi connectivity index (χ2v) is 5.56. The molecule has 0 unspecified atom stereocenters. The molecular formula is C17H21NO6. The minimum atomic E-state index is -1.54. The van der Waals surface area contributed by atoms with E-state index in [1.54, 1.807) is 0 Å². The molecule has 2 rings (SSSR count). The number of alkyl carbamates (subject to hydrolysis) is 1. The smallest absolute Gasteiger partial charge is 0.407 e. The van der Waals surface area contributed by atoms with Crippen LogP contribution in [0.15, 0.2) is 30.3 Å². The van der Waals surface area contributed by atoms with Crippen LogP contribution in [0.1, 0.15) is 18.4 Å². The van der Waals surface area contributed by atoms with Gasteiger partial charge in [0.1, 0.15) is 0 Å². The van der Waals surface area contributed by atoms with Gasteiger partial charge in [0, 0.05) is 6.42 Å². The Kier molecular flexibility index (Phi) is 5.78. The second kappa shape index (κ2) is 7.81. The van der Waals surface area contributed by atoms with E-state index in [0.717, 1.165) is 5.56 Å². The Morgan fingerprint density at radius 2 is 1.96 bits per heavy atom. The van der Waals surface area contributed by atoms with Crippen molar-refractivity contribution in [1.82, 2.24) is 5.32 Å². The van der Waals surface area contributed by atoms with Crippen molar-refractivity contribution in [2.24, 2.45) is 5.41 Å². The van der Waals surface area contributed by atoms with Gasteiger partial charge in [-0.2, -0.15) is 0 Å². The SMILES string of the molecule is COC(=O)N[C@@H](CCc1ccccc1)[C@]1(C(=O)OC)CCOC1=O. The molecule has 7 heteroatoms. The molecule has 0 radical (unpaired) electrons. The molecule has 1 saturated heterocycles. The lowest BCUT2D eigenvalue weighted by molar-refractivity contribution is -0.165. The molecule has 1 aliphatic rings. The van der Waals surface area contributed by atoms with Crippen LogP contribution in [0, 0.1) is 5.41 Å². The van der Waals surface area contributed by atoms with Gasteiger partial charge in [0.15, 0.2) is 5.41 Å². The van der Waals surface area contributed by atoms with Crippen LogP contribution in [0.2, 0.25) is 0 Å². The summed E-state index contributed by atoms with van der Waals surface area (Å²) < 4.78 is 14.5. The number of cyclic esters (lactones) is 1. The molecule has 1 aliphatic heterocycles. The highest BCUT2D eigenvalue weighted by molar-refractivity contribution is 6.02. The highest BCUT2D eigenvalue weighted by atomic mass is 16.6. The topological polar surface area (TPSA) is 90.9 Å². The zero-order valence-corrected chi connectivity index (χ0v) is 13.7. The molecule has 1 aromatic carbocycles. The molecule has 7 nitrogen and oxygen atoms in total. The highest BCUT2D eigenvalue weighted by Crippen LogP contribution is 2.37. The van der Waals surface area contributed by atoms with Gasteiger partial charge in [0.2, 0.25) is 0 Å². The molecule has 1 fully saturated rings. The van der Waals surface area contributed by atoms with Crippen molar-refractivity contribution in [2.75, 3.05) is 20.8 Å². The predicted octanol–water partition coefficient (Wildman–Crippen LogP) is 1.45. The summed E-state index contributed by atoms with van der Waals surface area (Å²) in [7, 11) is 2.43. The third-order valence-corrected chi connectivity index (χ3v) is 4.28. The van der Waals surface area contributed by atoms with Gasteiger partial charge in [-0.3, -0.25) is 9.59 Å². The highest BCUT2D eigenvalue weighted by Gasteiger charge is 2.58. The van der Waals surface area contributed by atoms with Crippen molar-refractivity contribution in [2.45, 2.75) is 25.3 Å². The Morgan fingerprint density at radius 3 is 2.50 bits per heavy atom. The Bertz CT molecular complexity index is 602. The fourth-order valence-electron chi connectivity index (χ4n) is 2.96. The van der Waals surface area contributed by atoms with E-state index in [4.69, 9.17) is 9.47 Å². The van der Waals surface area contributed by atoms with Crippen LogP contribution in [-0.2, 0) is 30.2 Å². The maximum absolute atomic E-state index is 12.4. The first-order valence-corrected chi connectivity index (χ1v) is 7.68. The van der Waals surface area contributed by atoms with Crippen LogP contribution >= 0.6 is 0 Å². The van der Waals surface area contributed by atoms with Crippen LogP contribution in [0.5, 0.6) is 0 Å². The first-order chi connectivity index (χ1) is 11.5. The molecule has 0 bridgehead atoms. The number of aryl methyl sites for hydroxylation is 1. The summed E-state index contributed by atoms with van der Waals surface area (Å²) in [6.45, 7) is 0.110. The van der Waals surface area contributed by atoms with E-state index in [2.05, 4.69) is 10.1 Å². The van der Waals surface area contributed by atoms with Gasteiger partial charge < -0.3 is 19.5 Å². The molecular weight excluding hydrogens is 314 g/mol. The standard InChI is InChI=1S/C17H21NO6/c1-22-14(19)17(10-11-24-15(17)20)13(18-16(21)23-2)9-8-12-6-4-3-5-7-12/h3-7,13H,8-11H2,1-2H3,(H,18,21)/t13-,17-/m0/s1. The second-order valence-electron chi connectivity index (χ2n) is 5.56. The Labute approximate surface area is 140 Å². The predicted molar refractivity (Wildman–Crippen MR) is 84.1 cm³/mol. The van der Waals surface area contributed by atoms with Gasteiger partial charge in [0.25, 0.3) is 0 Å². The van der Waals surface area contributed by atoms with E-state index >= 15 is 0 Å². The van der Waals surface area contributed by atoms with E-state index in [0.29, 0.717) is 12.8 Å². The lowest BCUT2D eigenvalue weighted by atomic mass is 9.76. The third-order valence-electron chi connectivity index (χ3n) is 4.28. The van der Waals surface area contributed by atoms with Crippen molar-refractivity contribution in [3.05, 3.63) is 35.9 Å². The molecule has 1 amide bonds.